The highest BCUT2D eigenvalue weighted by molar-refractivity contribution is 5.82. The Morgan fingerprint density at radius 3 is 1.17 bits per heavy atom. The van der Waals surface area contributed by atoms with Crippen LogP contribution in [0.15, 0.2) is 97.1 Å². The second kappa shape index (κ2) is 11.7. The van der Waals surface area contributed by atoms with E-state index in [2.05, 4.69) is 59.2 Å². The summed E-state index contributed by atoms with van der Waals surface area (Å²) in [5.74, 6) is -0.806. The Morgan fingerprint density at radius 1 is 0.562 bits per heavy atom. The summed E-state index contributed by atoms with van der Waals surface area (Å²) in [6, 6.07) is 33.3. The normalized spacial score (nSPS) is 22.5. The minimum atomic E-state index is -1.04. The van der Waals surface area contributed by atoms with Crippen molar-refractivity contribution in [1.29, 1.82) is 0 Å². The van der Waals surface area contributed by atoms with Crippen LogP contribution in [0, 0.1) is 11.8 Å². The number of hydrogen-bond donors (Lipinski definition) is 2. The van der Waals surface area contributed by atoms with Crippen molar-refractivity contribution in [1.82, 2.24) is 10.6 Å². The molecule has 4 unspecified atom stereocenters. The average Bonchev–Trinajstić information content (AvgIpc) is 3.63. The van der Waals surface area contributed by atoms with E-state index in [0.29, 0.717) is 38.8 Å². The summed E-state index contributed by atoms with van der Waals surface area (Å²) in [4.78, 5) is 39.3. The quantitative estimate of drug-likeness (QED) is 0.215. The predicted octanol–water partition coefficient (Wildman–Crippen LogP) is 7.33. The summed E-state index contributed by atoms with van der Waals surface area (Å²) in [5, 5.41) is 6.08. The van der Waals surface area contributed by atoms with Gasteiger partial charge >= 0.3 is 6.16 Å². The molecule has 4 aliphatic rings. The number of benzene rings is 4. The number of carbonyl (C=O) groups is 3. The fraction of sp³-hybridized carbons (Fsp3) is 0.341. The van der Waals surface area contributed by atoms with Gasteiger partial charge in [0.15, 0.2) is 0 Å². The average molecular weight is 641 g/mol. The van der Waals surface area contributed by atoms with E-state index in [4.69, 9.17) is 9.47 Å². The molecule has 8 rings (SSSR count). The molecule has 0 spiro atoms. The van der Waals surface area contributed by atoms with E-state index in [9.17, 15) is 14.4 Å². The van der Waals surface area contributed by atoms with Crippen molar-refractivity contribution in [2.75, 3.05) is 13.1 Å². The van der Waals surface area contributed by atoms with E-state index in [-0.39, 0.29) is 35.5 Å². The highest BCUT2D eigenvalue weighted by Crippen LogP contribution is 2.56. The first-order valence-corrected chi connectivity index (χ1v) is 17.1. The van der Waals surface area contributed by atoms with Crippen LogP contribution in [-0.2, 0) is 19.1 Å². The molecule has 2 N–H and O–H groups in total. The van der Waals surface area contributed by atoms with E-state index in [1.807, 2.05) is 62.4 Å². The SMILES string of the molecule is CC(OC(=O)OC(C)(C1CCC(=O)NC1)C1c2ccccc2-c2ccccc21)(C1CCC(=O)NC1)C1c2ccccc2-c2ccccc21. The summed E-state index contributed by atoms with van der Waals surface area (Å²) >= 11 is 0. The van der Waals surface area contributed by atoms with Gasteiger partial charge in [-0.05, 0) is 71.2 Å². The fourth-order valence-electron chi connectivity index (χ4n) is 9.13. The van der Waals surface area contributed by atoms with E-state index < -0.39 is 17.4 Å². The van der Waals surface area contributed by atoms with Crippen LogP contribution in [0.1, 0.15) is 73.6 Å². The largest absolute Gasteiger partial charge is 0.509 e. The molecule has 2 heterocycles. The van der Waals surface area contributed by atoms with E-state index in [0.717, 1.165) is 44.5 Å². The maximum absolute atomic E-state index is 14.6. The van der Waals surface area contributed by atoms with Crippen LogP contribution in [0.25, 0.3) is 22.3 Å². The van der Waals surface area contributed by atoms with Crippen LogP contribution in [0.5, 0.6) is 0 Å². The number of ether oxygens (including phenoxy) is 2. The summed E-state index contributed by atoms with van der Waals surface area (Å²) in [7, 11) is 0. The van der Waals surface area contributed by atoms with Crippen LogP contribution in [0.3, 0.4) is 0 Å². The Labute approximate surface area is 281 Å². The number of carbonyl (C=O) groups excluding carboxylic acids is 3. The summed E-state index contributed by atoms with van der Waals surface area (Å²) in [6.07, 6.45) is 1.17. The van der Waals surface area contributed by atoms with E-state index in [1.54, 1.807) is 0 Å². The van der Waals surface area contributed by atoms with Gasteiger partial charge in [-0.25, -0.2) is 4.79 Å². The van der Waals surface area contributed by atoms with Gasteiger partial charge in [-0.1, -0.05) is 97.1 Å². The van der Waals surface area contributed by atoms with Gasteiger partial charge in [0.25, 0.3) is 0 Å². The number of nitrogens with one attached hydrogen (secondary N) is 2. The van der Waals surface area contributed by atoms with Crippen molar-refractivity contribution in [2.24, 2.45) is 11.8 Å². The second-order valence-corrected chi connectivity index (χ2v) is 14.1. The molecule has 2 amide bonds. The van der Waals surface area contributed by atoms with Crippen LogP contribution in [-0.4, -0.2) is 42.3 Å². The van der Waals surface area contributed by atoms with Crippen molar-refractivity contribution < 1.29 is 23.9 Å². The van der Waals surface area contributed by atoms with Gasteiger partial charge in [-0.15, -0.1) is 0 Å². The number of hydrogen-bond acceptors (Lipinski definition) is 5. The van der Waals surface area contributed by atoms with Crippen LogP contribution in [0.4, 0.5) is 4.79 Å². The molecule has 2 aliphatic heterocycles. The molecule has 2 fully saturated rings. The van der Waals surface area contributed by atoms with Crippen LogP contribution < -0.4 is 10.6 Å². The lowest BCUT2D eigenvalue weighted by molar-refractivity contribution is -0.133. The van der Waals surface area contributed by atoms with Crippen LogP contribution >= 0.6 is 0 Å². The molecule has 4 aromatic rings. The molecule has 7 nitrogen and oxygen atoms in total. The van der Waals surface area contributed by atoms with Crippen molar-refractivity contribution >= 4 is 18.0 Å². The zero-order valence-corrected chi connectivity index (χ0v) is 27.3. The number of fused-ring (bicyclic) bond motifs is 6. The topological polar surface area (TPSA) is 93.7 Å². The number of amides is 2. The summed E-state index contributed by atoms with van der Waals surface area (Å²) < 4.78 is 13.5. The first-order valence-electron chi connectivity index (χ1n) is 17.1. The fourth-order valence-corrected chi connectivity index (χ4v) is 9.13. The van der Waals surface area contributed by atoms with E-state index in [1.165, 1.54) is 0 Å². The lowest BCUT2D eigenvalue weighted by atomic mass is 9.70. The van der Waals surface area contributed by atoms with Gasteiger partial charge in [0.05, 0.1) is 11.8 Å². The van der Waals surface area contributed by atoms with Gasteiger partial charge in [0.1, 0.15) is 11.2 Å². The smallest absolute Gasteiger partial charge is 0.427 e. The molecule has 2 saturated heterocycles. The van der Waals surface area contributed by atoms with Gasteiger partial charge in [-0.2, -0.15) is 0 Å². The molecule has 0 saturated carbocycles. The predicted molar refractivity (Wildman–Crippen MR) is 183 cm³/mol. The third kappa shape index (κ3) is 4.82. The third-order valence-electron chi connectivity index (χ3n) is 11.6. The summed E-state index contributed by atoms with van der Waals surface area (Å²) in [5.41, 5.74) is 6.83. The Morgan fingerprint density at radius 2 is 0.875 bits per heavy atom. The first-order chi connectivity index (χ1) is 23.3. The molecule has 0 aromatic heterocycles. The number of rotatable bonds is 6. The lowest BCUT2D eigenvalue weighted by Crippen LogP contribution is -2.55. The van der Waals surface area contributed by atoms with Gasteiger partial charge < -0.3 is 20.1 Å². The standard InChI is InChI=1S/C41H40N2O5/c1-40(25-19-21-35(44)42-23-25,37-31-15-7-3-11-27(31)28-12-4-8-16-32(28)37)47-39(46)48-41(2,26-20-22-36(45)43-24-26)38-33-17-9-5-13-29(33)30-14-6-10-18-34(30)38/h3-18,25-26,37-38H,19-24H2,1-2H3,(H,42,44)(H,43,45). The summed E-state index contributed by atoms with van der Waals surface area (Å²) in [6.45, 7) is 4.83. The molecule has 244 valence electrons. The van der Waals surface area contributed by atoms with Crippen molar-refractivity contribution in [3.05, 3.63) is 119 Å². The van der Waals surface area contributed by atoms with Gasteiger partial charge in [0.2, 0.25) is 11.8 Å². The van der Waals surface area contributed by atoms with Gasteiger partial charge in [-0.3, -0.25) is 9.59 Å². The number of piperidine rings is 2. The second-order valence-electron chi connectivity index (χ2n) is 14.1. The highest BCUT2D eigenvalue weighted by Gasteiger charge is 2.54. The molecule has 4 aromatic carbocycles. The molecular formula is C41H40N2O5. The Balaban J connectivity index is 1.21. The monoisotopic (exact) mass is 640 g/mol. The maximum atomic E-state index is 14.6. The molecule has 7 heteroatoms. The molecule has 0 radical (unpaired) electrons. The third-order valence-corrected chi connectivity index (χ3v) is 11.6. The van der Waals surface area contributed by atoms with Crippen LogP contribution in [0.2, 0.25) is 0 Å². The van der Waals surface area contributed by atoms with E-state index >= 15 is 0 Å². The Bertz CT molecular complexity index is 1690. The Kier molecular flexibility index (Phi) is 7.39. The molecule has 2 aliphatic carbocycles. The van der Waals surface area contributed by atoms with Crippen molar-refractivity contribution in [3.63, 3.8) is 0 Å². The maximum Gasteiger partial charge on any atom is 0.509 e. The first kappa shape index (κ1) is 30.4. The van der Waals surface area contributed by atoms with Gasteiger partial charge in [0, 0.05) is 37.8 Å². The zero-order valence-electron chi connectivity index (χ0n) is 27.3. The van der Waals surface area contributed by atoms with Crippen molar-refractivity contribution in [3.8, 4) is 22.3 Å². The molecule has 4 atom stereocenters. The minimum absolute atomic E-state index is 0.00823. The molecule has 0 bridgehead atoms. The molecular weight excluding hydrogens is 600 g/mol. The molecule has 48 heavy (non-hydrogen) atoms. The minimum Gasteiger partial charge on any atom is -0.427 e. The highest BCUT2D eigenvalue weighted by atomic mass is 16.7. The zero-order chi connectivity index (χ0) is 33.0. The Hall–Kier alpha value is -4.91. The van der Waals surface area contributed by atoms with Crippen molar-refractivity contribution in [2.45, 2.75) is 62.6 Å². The lowest BCUT2D eigenvalue weighted by Gasteiger charge is -2.46.